The van der Waals surface area contributed by atoms with Crippen LogP contribution in [-0.4, -0.2) is 4.57 Å². The van der Waals surface area contributed by atoms with E-state index < -0.39 is 0 Å². The van der Waals surface area contributed by atoms with Crippen molar-refractivity contribution in [3.05, 3.63) is 138 Å². The second-order valence-corrected chi connectivity index (χ2v) is 12.3. The van der Waals surface area contributed by atoms with Gasteiger partial charge in [-0.1, -0.05) is 86.1 Å². The highest BCUT2D eigenvalue weighted by molar-refractivity contribution is 6.17. The largest absolute Gasteiger partial charge is 0.344 e. The van der Waals surface area contributed by atoms with Gasteiger partial charge in [-0.3, -0.25) is 0 Å². The van der Waals surface area contributed by atoms with Crippen molar-refractivity contribution in [1.82, 2.24) is 4.57 Å². The summed E-state index contributed by atoms with van der Waals surface area (Å²) in [6.45, 7) is 6.89. The van der Waals surface area contributed by atoms with Crippen LogP contribution in [0.25, 0.3) is 43.7 Å². The summed E-state index contributed by atoms with van der Waals surface area (Å²) in [5.74, 6) is 0. The molecule has 1 aliphatic carbocycles. The van der Waals surface area contributed by atoms with Crippen LogP contribution in [0.2, 0.25) is 0 Å². The molecule has 0 fully saturated rings. The molecule has 0 aliphatic heterocycles. The Bertz CT molecular complexity index is 2290. The van der Waals surface area contributed by atoms with Gasteiger partial charge in [0.1, 0.15) is 0 Å². The van der Waals surface area contributed by atoms with Crippen LogP contribution in [-0.2, 0) is 12.5 Å². The second kappa shape index (κ2) is 9.08. The Labute approximate surface area is 251 Å². The van der Waals surface area contributed by atoms with Crippen molar-refractivity contribution in [2.45, 2.75) is 26.2 Å². The van der Waals surface area contributed by atoms with Gasteiger partial charge in [-0.25, -0.2) is 0 Å². The average molecular weight is 554 g/mol. The molecule has 8 rings (SSSR count). The van der Waals surface area contributed by atoms with Crippen molar-refractivity contribution in [2.75, 3.05) is 4.90 Å². The van der Waals surface area contributed by atoms with Gasteiger partial charge >= 0.3 is 0 Å². The summed E-state index contributed by atoms with van der Waals surface area (Å²) in [6, 6.07) is 43.7. The lowest BCUT2D eigenvalue weighted by atomic mass is 9.81. The van der Waals surface area contributed by atoms with E-state index in [1.54, 1.807) is 0 Å². The van der Waals surface area contributed by atoms with E-state index in [0.717, 1.165) is 17.1 Å². The normalized spacial score (nSPS) is 13.3. The van der Waals surface area contributed by atoms with Crippen LogP contribution in [0, 0.1) is 18.3 Å². The second-order valence-electron chi connectivity index (χ2n) is 12.3. The first-order chi connectivity index (χ1) is 20.9. The van der Waals surface area contributed by atoms with Gasteiger partial charge in [0, 0.05) is 39.8 Å². The SMILES string of the molecule is Cc1ccc2c(c1)C(C)(C)c1cc(N(c3ccc(C#N)cc3)c3cccc4c3c3ccccc3n4C)c3ccccc3c1-2. The Morgan fingerprint density at radius 1 is 0.674 bits per heavy atom. The minimum absolute atomic E-state index is 0.155. The zero-order valence-electron chi connectivity index (χ0n) is 24.8. The maximum atomic E-state index is 9.61. The predicted octanol–water partition coefficient (Wildman–Crippen LogP) is 10.4. The number of hydrogen-bond donors (Lipinski definition) is 0. The molecule has 0 radical (unpaired) electrons. The molecule has 0 spiro atoms. The molecule has 6 aromatic carbocycles. The van der Waals surface area contributed by atoms with Crippen LogP contribution in [0.3, 0.4) is 0 Å². The number of fused-ring (bicyclic) bond motifs is 8. The van der Waals surface area contributed by atoms with Crippen molar-refractivity contribution >= 4 is 49.6 Å². The number of nitriles is 1. The number of anilines is 3. The van der Waals surface area contributed by atoms with Gasteiger partial charge in [0.15, 0.2) is 0 Å². The third kappa shape index (κ3) is 3.53. The Balaban J connectivity index is 1.51. The lowest BCUT2D eigenvalue weighted by Crippen LogP contribution is -2.17. The molecule has 1 aliphatic rings. The van der Waals surface area contributed by atoms with Crippen LogP contribution in [0.4, 0.5) is 17.1 Å². The van der Waals surface area contributed by atoms with Gasteiger partial charge in [0.05, 0.1) is 28.5 Å². The van der Waals surface area contributed by atoms with E-state index in [-0.39, 0.29) is 5.41 Å². The van der Waals surface area contributed by atoms with Gasteiger partial charge in [0.25, 0.3) is 0 Å². The molecular formula is C40H31N3. The molecule has 0 unspecified atom stereocenters. The number of aromatic nitrogens is 1. The molecule has 0 amide bonds. The highest BCUT2D eigenvalue weighted by Gasteiger charge is 2.38. The summed E-state index contributed by atoms with van der Waals surface area (Å²) < 4.78 is 2.29. The highest BCUT2D eigenvalue weighted by Crippen LogP contribution is 2.55. The zero-order valence-corrected chi connectivity index (χ0v) is 24.8. The van der Waals surface area contributed by atoms with Gasteiger partial charge in [-0.05, 0) is 83.1 Å². The van der Waals surface area contributed by atoms with Gasteiger partial charge in [0.2, 0.25) is 0 Å². The van der Waals surface area contributed by atoms with E-state index in [0.29, 0.717) is 5.56 Å². The average Bonchev–Trinajstić information content (AvgIpc) is 3.45. The van der Waals surface area contributed by atoms with Crippen LogP contribution >= 0.6 is 0 Å². The molecule has 1 heterocycles. The van der Waals surface area contributed by atoms with Crippen LogP contribution in [0.1, 0.15) is 36.1 Å². The lowest BCUT2D eigenvalue weighted by Gasteiger charge is -2.30. The number of hydrogen-bond acceptors (Lipinski definition) is 2. The minimum atomic E-state index is -0.155. The molecule has 0 atom stereocenters. The first kappa shape index (κ1) is 25.4. The predicted molar refractivity (Wildman–Crippen MR) is 180 cm³/mol. The summed E-state index contributed by atoms with van der Waals surface area (Å²) in [4.78, 5) is 2.41. The first-order valence-electron chi connectivity index (χ1n) is 14.8. The van der Waals surface area contributed by atoms with E-state index in [1.807, 2.05) is 12.1 Å². The minimum Gasteiger partial charge on any atom is -0.344 e. The summed E-state index contributed by atoms with van der Waals surface area (Å²) in [5.41, 5.74) is 12.8. The first-order valence-corrected chi connectivity index (χ1v) is 14.8. The number of rotatable bonds is 3. The van der Waals surface area contributed by atoms with Crippen LogP contribution in [0.15, 0.2) is 115 Å². The molecule has 0 saturated carbocycles. The number of benzene rings is 6. The number of para-hydroxylation sites is 1. The molecular weight excluding hydrogens is 522 g/mol. The molecule has 7 aromatic rings. The number of nitrogens with zero attached hydrogens (tertiary/aromatic N) is 3. The summed E-state index contributed by atoms with van der Waals surface area (Å²) in [6.07, 6.45) is 0. The van der Waals surface area contributed by atoms with Crippen molar-refractivity contribution in [2.24, 2.45) is 7.05 Å². The van der Waals surface area contributed by atoms with E-state index in [4.69, 9.17) is 0 Å². The fraction of sp³-hybridized carbons (Fsp3) is 0.125. The van der Waals surface area contributed by atoms with E-state index in [2.05, 4.69) is 146 Å². The van der Waals surface area contributed by atoms with Gasteiger partial charge < -0.3 is 9.47 Å². The fourth-order valence-corrected chi connectivity index (χ4v) is 7.33. The molecule has 1 aromatic heterocycles. The molecule has 3 heteroatoms. The summed E-state index contributed by atoms with van der Waals surface area (Å²) in [5, 5.41) is 14.5. The van der Waals surface area contributed by atoms with Crippen molar-refractivity contribution in [3.8, 4) is 17.2 Å². The standard InChI is InChI=1S/C40H31N3/c1-25-16-21-30-32(22-25)40(2,3)33-23-37(28-10-5-6-11-29(28)38(30)33)43(27-19-17-26(24-41)18-20-27)36-15-9-14-35-39(36)31-12-7-8-13-34(31)42(35)4/h5-23H,1-4H3. The van der Waals surface area contributed by atoms with E-state index in [9.17, 15) is 5.26 Å². The summed E-state index contributed by atoms with van der Waals surface area (Å²) >= 11 is 0. The van der Waals surface area contributed by atoms with E-state index in [1.165, 1.54) is 60.4 Å². The molecule has 0 bridgehead atoms. The smallest absolute Gasteiger partial charge is 0.0991 e. The Morgan fingerprint density at radius 2 is 1.37 bits per heavy atom. The van der Waals surface area contributed by atoms with Crippen molar-refractivity contribution in [3.63, 3.8) is 0 Å². The van der Waals surface area contributed by atoms with E-state index >= 15 is 0 Å². The van der Waals surface area contributed by atoms with Crippen LogP contribution in [0.5, 0.6) is 0 Å². The third-order valence-corrected chi connectivity index (χ3v) is 9.47. The lowest BCUT2D eigenvalue weighted by molar-refractivity contribution is 0.660. The highest BCUT2D eigenvalue weighted by atomic mass is 15.1. The maximum Gasteiger partial charge on any atom is 0.0991 e. The molecule has 0 N–H and O–H groups in total. The zero-order chi connectivity index (χ0) is 29.5. The number of aryl methyl sites for hydroxylation is 2. The molecule has 206 valence electrons. The molecule has 43 heavy (non-hydrogen) atoms. The Kier molecular flexibility index (Phi) is 5.36. The fourth-order valence-electron chi connectivity index (χ4n) is 7.33. The quantitative estimate of drug-likeness (QED) is 0.218. The van der Waals surface area contributed by atoms with Crippen molar-refractivity contribution < 1.29 is 0 Å². The molecule has 3 nitrogen and oxygen atoms in total. The van der Waals surface area contributed by atoms with Gasteiger partial charge in [-0.2, -0.15) is 5.26 Å². The maximum absolute atomic E-state index is 9.61. The third-order valence-electron chi connectivity index (χ3n) is 9.47. The van der Waals surface area contributed by atoms with Crippen LogP contribution < -0.4 is 4.90 Å². The monoisotopic (exact) mass is 553 g/mol. The van der Waals surface area contributed by atoms with Crippen molar-refractivity contribution in [1.29, 1.82) is 5.26 Å². The summed E-state index contributed by atoms with van der Waals surface area (Å²) in [7, 11) is 2.15. The van der Waals surface area contributed by atoms with Gasteiger partial charge in [-0.15, -0.1) is 0 Å². The Hall–Kier alpha value is -5.33. The topological polar surface area (TPSA) is 32.0 Å². The molecule has 0 saturated heterocycles. The Morgan fingerprint density at radius 3 is 2.14 bits per heavy atom.